The maximum Gasteiger partial charge on any atom is 0.415 e. The molecule has 1 atom stereocenters. The zero-order valence-electron chi connectivity index (χ0n) is 13.8. The second-order valence-corrected chi connectivity index (χ2v) is 6.54. The number of carbonyl (C=O) groups excluding carboxylic acids is 1. The number of rotatable bonds is 4. The number of hydrogen-bond acceptors (Lipinski definition) is 3. The average molecular weight is 312 g/mol. The van der Waals surface area contributed by atoms with Crippen LogP contribution in [0.25, 0.3) is 10.8 Å². The molecule has 1 aliphatic heterocycles. The van der Waals surface area contributed by atoms with Crippen LogP contribution in [0.1, 0.15) is 20.3 Å². The van der Waals surface area contributed by atoms with Crippen LogP contribution in [0.2, 0.25) is 0 Å². The molecule has 1 aliphatic rings. The van der Waals surface area contributed by atoms with E-state index in [0.717, 1.165) is 36.8 Å². The third-order valence-corrected chi connectivity index (χ3v) is 4.22. The first-order valence-electron chi connectivity index (χ1n) is 8.32. The fourth-order valence-electron chi connectivity index (χ4n) is 3.11. The highest BCUT2D eigenvalue weighted by atomic mass is 16.6. The van der Waals surface area contributed by atoms with Gasteiger partial charge in [-0.1, -0.05) is 50.2 Å². The molecule has 1 saturated heterocycles. The summed E-state index contributed by atoms with van der Waals surface area (Å²) in [7, 11) is 0. The zero-order valence-corrected chi connectivity index (χ0v) is 13.8. The number of benzene rings is 2. The summed E-state index contributed by atoms with van der Waals surface area (Å²) in [5.74, 6) is 1.04. The number of hydrogen-bond donors (Lipinski definition) is 1. The molecule has 0 aromatic heterocycles. The van der Waals surface area contributed by atoms with Crippen LogP contribution in [-0.4, -0.2) is 36.7 Å². The van der Waals surface area contributed by atoms with E-state index in [0.29, 0.717) is 11.7 Å². The lowest BCUT2D eigenvalue weighted by molar-refractivity contribution is 0.128. The van der Waals surface area contributed by atoms with Crippen molar-refractivity contribution >= 4 is 16.9 Å². The summed E-state index contributed by atoms with van der Waals surface area (Å²) in [5, 5.41) is 5.37. The largest absolute Gasteiger partial charge is 0.415 e. The number of nitrogens with zero attached hydrogens (tertiary/aromatic N) is 1. The quantitative estimate of drug-likeness (QED) is 0.937. The van der Waals surface area contributed by atoms with Crippen molar-refractivity contribution < 1.29 is 9.53 Å². The summed E-state index contributed by atoms with van der Waals surface area (Å²) in [6, 6.07) is 14.0. The third-order valence-electron chi connectivity index (χ3n) is 4.22. The Hall–Kier alpha value is -2.07. The minimum atomic E-state index is -0.247. The van der Waals surface area contributed by atoms with E-state index in [1.165, 1.54) is 0 Å². The van der Waals surface area contributed by atoms with Gasteiger partial charge in [0.05, 0.1) is 0 Å². The summed E-state index contributed by atoms with van der Waals surface area (Å²) in [4.78, 5) is 14.6. The van der Waals surface area contributed by atoms with Gasteiger partial charge in [-0.3, -0.25) is 0 Å². The first-order chi connectivity index (χ1) is 11.1. The highest BCUT2D eigenvalue weighted by Gasteiger charge is 2.28. The van der Waals surface area contributed by atoms with Gasteiger partial charge in [-0.15, -0.1) is 0 Å². The van der Waals surface area contributed by atoms with Crippen molar-refractivity contribution in [1.29, 1.82) is 0 Å². The van der Waals surface area contributed by atoms with Crippen molar-refractivity contribution in [2.75, 3.05) is 19.6 Å². The molecule has 23 heavy (non-hydrogen) atoms. The van der Waals surface area contributed by atoms with Crippen molar-refractivity contribution in [2.45, 2.75) is 26.3 Å². The van der Waals surface area contributed by atoms with E-state index in [2.05, 4.69) is 19.2 Å². The van der Waals surface area contributed by atoms with Crippen molar-refractivity contribution in [2.24, 2.45) is 5.92 Å². The summed E-state index contributed by atoms with van der Waals surface area (Å²) in [5.41, 5.74) is 0. The smallest absolute Gasteiger partial charge is 0.410 e. The fraction of sp³-hybridized carbons (Fsp3) is 0.421. The lowest BCUT2D eigenvalue weighted by atomic mass is 10.1. The Morgan fingerprint density at radius 2 is 2.04 bits per heavy atom. The topological polar surface area (TPSA) is 41.6 Å². The Labute approximate surface area is 137 Å². The van der Waals surface area contributed by atoms with Gasteiger partial charge in [-0.05, 0) is 30.3 Å². The molecule has 1 unspecified atom stereocenters. The summed E-state index contributed by atoms with van der Waals surface area (Å²) in [6.45, 7) is 6.77. The van der Waals surface area contributed by atoms with Gasteiger partial charge in [0, 0.05) is 24.5 Å². The second kappa shape index (κ2) is 7.01. The van der Waals surface area contributed by atoms with E-state index < -0.39 is 0 Å². The molecule has 4 heteroatoms. The van der Waals surface area contributed by atoms with E-state index in [-0.39, 0.29) is 12.1 Å². The molecule has 0 aliphatic carbocycles. The van der Waals surface area contributed by atoms with Crippen molar-refractivity contribution in [1.82, 2.24) is 10.2 Å². The van der Waals surface area contributed by atoms with E-state index in [4.69, 9.17) is 4.74 Å². The normalized spacial score (nSPS) is 17.6. The lowest BCUT2D eigenvalue weighted by Crippen LogP contribution is -2.45. The first kappa shape index (κ1) is 15.8. The van der Waals surface area contributed by atoms with Crippen molar-refractivity contribution in [3.63, 3.8) is 0 Å². The van der Waals surface area contributed by atoms with Crippen molar-refractivity contribution in [3.05, 3.63) is 42.5 Å². The molecule has 2 aromatic carbocycles. The van der Waals surface area contributed by atoms with Gasteiger partial charge in [0.15, 0.2) is 0 Å². The predicted molar refractivity (Wildman–Crippen MR) is 92.8 cm³/mol. The zero-order chi connectivity index (χ0) is 16.2. The van der Waals surface area contributed by atoms with Crippen LogP contribution in [0, 0.1) is 5.92 Å². The van der Waals surface area contributed by atoms with Crippen LogP contribution in [0.4, 0.5) is 4.79 Å². The van der Waals surface area contributed by atoms with Gasteiger partial charge in [-0.2, -0.15) is 0 Å². The Morgan fingerprint density at radius 1 is 1.26 bits per heavy atom. The molecule has 3 rings (SSSR count). The van der Waals surface area contributed by atoms with Crippen LogP contribution >= 0.6 is 0 Å². The van der Waals surface area contributed by atoms with Gasteiger partial charge >= 0.3 is 6.09 Å². The Kier molecular flexibility index (Phi) is 4.82. The van der Waals surface area contributed by atoms with Gasteiger partial charge in [0.2, 0.25) is 0 Å². The summed E-state index contributed by atoms with van der Waals surface area (Å²) >= 11 is 0. The Balaban J connectivity index is 1.82. The number of nitrogens with one attached hydrogen (secondary N) is 1. The number of ether oxygens (including phenoxy) is 1. The molecule has 2 aromatic rings. The third kappa shape index (κ3) is 3.64. The van der Waals surface area contributed by atoms with E-state index >= 15 is 0 Å². The molecule has 1 heterocycles. The van der Waals surface area contributed by atoms with E-state index in [9.17, 15) is 4.79 Å². The van der Waals surface area contributed by atoms with Gasteiger partial charge in [0.25, 0.3) is 0 Å². The SMILES string of the molecule is CC(C)CN(C(=O)Oc1cccc2ccccc12)C1CCNC1. The molecular formula is C19H24N2O2. The maximum absolute atomic E-state index is 12.8. The Morgan fingerprint density at radius 3 is 2.78 bits per heavy atom. The van der Waals surface area contributed by atoms with E-state index in [1.54, 1.807) is 0 Å². The molecule has 1 amide bonds. The molecule has 1 fully saturated rings. The second-order valence-electron chi connectivity index (χ2n) is 6.54. The van der Waals surface area contributed by atoms with Crippen LogP contribution in [0.15, 0.2) is 42.5 Å². The molecule has 0 spiro atoms. The molecular weight excluding hydrogens is 288 g/mol. The fourth-order valence-corrected chi connectivity index (χ4v) is 3.11. The Bertz CT molecular complexity index is 673. The number of carbonyl (C=O) groups is 1. The molecule has 122 valence electrons. The molecule has 4 nitrogen and oxygen atoms in total. The van der Waals surface area contributed by atoms with Crippen LogP contribution in [-0.2, 0) is 0 Å². The highest BCUT2D eigenvalue weighted by molar-refractivity contribution is 5.90. The minimum absolute atomic E-state index is 0.222. The highest BCUT2D eigenvalue weighted by Crippen LogP contribution is 2.26. The summed E-state index contributed by atoms with van der Waals surface area (Å²) in [6.07, 6.45) is 0.737. The number of fused-ring (bicyclic) bond motifs is 1. The predicted octanol–water partition coefficient (Wildman–Crippen LogP) is 3.66. The standard InChI is InChI=1S/C19H24N2O2/c1-14(2)13-21(16-10-11-20-12-16)19(22)23-18-9-5-7-15-6-3-4-8-17(15)18/h3-9,14,16,20H,10-13H2,1-2H3. The van der Waals surface area contributed by atoms with Gasteiger partial charge < -0.3 is 15.0 Å². The average Bonchev–Trinajstić information content (AvgIpc) is 3.07. The molecule has 0 bridgehead atoms. The van der Waals surface area contributed by atoms with Gasteiger partial charge in [0.1, 0.15) is 5.75 Å². The molecule has 0 saturated carbocycles. The molecule has 1 N–H and O–H groups in total. The van der Waals surface area contributed by atoms with Gasteiger partial charge in [-0.25, -0.2) is 4.79 Å². The monoisotopic (exact) mass is 312 g/mol. The minimum Gasteiger partial charge on any atom is -0.410 e. The van der Waals surface area contributed by atoms with Crippen molar-refractivity contribution in [3.8, 4) is 5.75 Å². The maximum atomic E-state index is 12.8. The van der Waals surface area contributed by atoms with E-state index in [1.807, 2.05) is 47.4 Å². The lowest BCUT2D eigenvalue weighted by Gasteiger charge is -2.29. The number of amides is 1. The summed E-state index contributed by atoms with van der Waals surface area (Å²) < 4.78 is 5.76. The van der Waals surface area contributed by atoms with Crippen LogP contribution in [0.5, 0.6) is 5.75 Å². The molecule has 0 radical (unpaired) electrons. The first-order valence-corrected chi connectivity index (χ1v) is 8.32. The van der Waals surface area contributed by atoms with Crippen LogP contribution in [0.3, 0.4) is 0 Å². The van der Waals surface area contributed by atoms with Crippen LogP contribution < -0.4 is 10.1 Å².